The number of phenols is 1. The molecule has 9 nitrogen and oxygen atoms in total. The van der Waals surface area contributed by atoms with Crippen molar-refractivity contribution < 1.29 is 34.8 Å². The summed E-state index contributed by atoms with van der Waals surface area (Å²) >= 11 is 0. The number of amides is 1. The Bertz CT molecular complexity index is 1100. The van der Waals surface area contributed by atoms with Gasteiger partial charge < -0.3 is 31.5 Å². The predicted molar refractivity (Wildman–Crippen MR) is 122 cm³/mol. The van der Waals surface area contributed by atoms with Crippen molar-refractivity contribution in [3.8, 4) is 5.75 Å². The third-order valence-corrected chi connectivity index (χ3v) is 7.34. The van der Waals surface area contributed by atoms with Crippen molar-refractivity contribution in [2.24, 2.45) is 28.9 Å². The summed E-state index contributed by atoms with van der Waals surface area (Å²) in [5.74, 6) is -6.98. The zero-order valence-corrected chi connectivity index (χ0v) is 19.6. The summed E-state index contributed by atoms with van der Waals surface area (Å²) in [5, 5.41) is 46.6. The van der Waals surface area contributed by atoms with Gasteiger partial charge in [-0.3, -0.25) is 14.4 Å². The third kappa shape index (κ3) is 3.72. The molecule has 3 aliphatic carbocycles. The number of aromatic hydroxyl groups is 1. The van der Waals surface area contributed by atoms with Crippen molar-refractivity contribution >= 4 is 17.5 Å². The van der Waals surface area contributed by atoms with Gasteiger partial charge in [-0.2, -0.15) is 0 Å². The highest BCUT2D eigenvalue weighted by molar-refractivity contribution is 6.15. The first-order chi connectivity index (χ1) is 15.8. The third-order valence-electron chi connectivity index (χ3n) is 7.34. The van der Waals surface area contributed by atoms with E-state index in [1.807, 2.05) is 0 Å². The summed E-state index contributed by atoms with van der Waals surface area (Å²) in [7, 11) is 0. The standard InChI is InChI=1S/C25H32N2O7/c1-24(2,3)10-27-9-11-4-5-15(28)18-14(11)7-12-6-13-8-16(29)19(23(26)33)22(32)25(13,34)21(31)17(12)20(18)30/h4-5,12-13,16,19,27-29,31,34H,6-10H2,1-3H3,(H2,26,33)/t12-,13+,16?,19?,25+/m1/s1. The number of rotatable bonds is 4. The van der Waals surface area contributed by atoms with Crippen molar-refractivity contribution in [2.75, 3.05) is 6.54 Å². The van der Waals surface area contributed by atoms with E-state index in [4.69, 9.17) is 5.73 Å². The minimum absolute atomic E-state index is 0.0460. The number of hydrogen-bond acceptors (Lipinski definition) is 8. The number of fused-ring (bicyclic) bond motifs is 3. The Morgan fingerprint density at radius 3 is 2.50 bits per heavy atom. The molecule has 0 bridgehead atoms. The molecule has 0 saturated heterocycles. The minimum Gasteiger partial charge on any atom is -0.508 e. The molecule has 1 aromatic carbocycles. The summed E-state index contributed by atoms with van der Waals surface area (Å²) in [6.45, 7) is 7.52. The lowest BCUT2D eigenvalue weighted by Gasteiger charge is -2.48. The van der Waals surface area contributed by atoms with Crippen molar-refractivity contribution in [3.05, 3.63) is 40.2 Å². The maximum absolute atomic E-state index is 13.5. The number of nitrogens with one attached hydrogen (secondary N) is 1. The molecule has 0 aromatic heterocycles. The Kier molecular flexibility index (Phi) is 5.86. The zero-order chi connectivity index (χ0) is 25.2. The normalized spacial score (nSPS) is 31.1. The van der Waals surface area contributed by atoms with Crippen LogP contribution >= 0.6 is 0 Å². The van der Waals surface area contributed by atoms with E-state index in [0.29, 0.717) is 18.5 Å². The summed E-state index contributed by atoms with van der Waals surface area (Å²) < 4.78 is 0. The van der Waals surface area contributed by atoms with Crippen LogP contribution in [0.3, 0.4) is 0 Å². The molecule has 0 heterocycles. The summed E-state index contributed by atoms with van der Waals surface area (Å²) in [6, 6.07) is 3.19. The minimum atomic E-state index is -2.49. The molecule has 0 spiro atoms. The van der Waals surface area contributed by atoms with E-state index in [9.17, 15) is 34.8 Å². The predicted octanol–water partition coefficient (Wildman–Crippen LogP) is 0.881. The number of carbonyl (C=O) groups is 3. The molecular weight excluding hydrogens is 440 g/mol. The van der Waals surface area contributed by atoms with Crippen LogP contribution in [0.5, 0.6) is 5.75 Å². The van der Waals surface area contributed by atoms with Gasteiger partial charge >= 0.3 is 0 Å². The fourth-order valence-corrected chi connectivity index (χ4v) is 5.73. The fourth-order valence-electron chi connectivity index (χ4n) is 5.73. The van der Waals surface area contributed by atoms with Crippen LogP contribution in [-0.2, 0) is 22.6 Å². The van der Waals surface area contributed by atoms with E-state index in [1.54, 1.807) is 6.07 Å². The second-order valence-electron chi connectivity index (χ2n) is 11.0. The maximum atomic E-state index is 13.5. The highest BCUT2D eigenvalue weighted by Crippen LogP contribution is 2.51. The first kappa shape index (κ1) is 24.4. The van der Waals surface area contributed by atoms with Gasteiger partial charge in [-0.1, -0.05) is 26.8 Å². The topological polar surface area (TPSA) is 170 Å². The van der Waals surface area contributed by atoms with Gasteiger partial charge in [0.15, 0.2) is 17.2 Å². The molecule has 1 fully saturated rings. The van der Waals surface area contributed by atoms with Crippen LogP contribution in [0.15, 0.2) is 23.5 Å². The average Bonchev–Trinajstić information content (AvgIpc) is 2.71. The van der Waals surface area contributed by atoms with Gasteiger partial charge in [-0.05, 0) is 47.8 Å². The van der Waals surface area contributed by atoms with Crippen LogP contribution in [0, 0.1) is 23.2 Å². The summed E-state index contributed by atoms with van der Waals surface area (Å²) in [5.41, 5.74) is 4.26. The molecule has 1 saturated carbocycles. The monoisotopic (exact) mass is 472 g/mol. The number of ketones is 2. The Morgan fingerprint density at radius 2 is 1.88 bits per heavy atom. The number of carbonyl (C=O) groups excluding carboxylic acids is 3. The first-order valence-corrected chi connectivity index (χ1v) is 11.5. The molecule has 184 valence electrons. The maximum Gasteiger partial charge on any atom is 0.230 e. The van der Waals surface area contributed by atoms with E-state index in [0.717, 1.165) is 12.1 Å². The average molecular weight is 473 g/mol. The van der Waals surface area contributed by atoms with Crippen LogP contribution in [0.4, 0.5) is 0 Å². The highest BCUT2D eigenvalue weighted by Gasteiger charge is 2.62. The van der Waals surface area contributed by atoms with Gasteiger partial charge in [-0.25, -0.2) is 0 Å². The smallest absolute Gasteiger partial charge is 0.230 e. The number of nitrogens with two attached hydrogens (primary N) is 1. The van der Waals surface area contributed by atoms with Crippen LogP contribution in [0.1, 0.15) is 55.1 Å². The fraction of sp³-hybridized carbons (Fsp3) is 0.560. The van der Waals surface area contributed by atoms with Crippen LogP contribution in [0.25, 0.3) is 0 Å². The lowest BCUT2D eigenvalue weighted by Crippen LogP contribution is -2.63. The lowest BCUT2D eigenvalue weighted by molar-refractivity contribution is -0.167. The second kappa shape index (κ2) is 8.18. The molecule has 5 atom stereocenters. The van der Waals surface area contributed by atoms with E-state index >= 15 is 0 Å². The number of primary amides is 1. The number of aliphatic hydroxyl groups excluding tert-OH is 2. The molecule has 3 aliphatic rings. The largest absolute Gasteiger partial charge is 0.508 e. The summed E-state index contributed by atoms with van der Waals surface area (Å²) in [6.07, 6.45) is -1.03. The van der Waals surface area contributed by atoms with Gasteiger partial charge in [0, 0.05) is 24.6 Å². The number of allylic oxidation sites excluding steroid dienone is 1. The van der Waals surface area contributed by atoms with Crippen molar-refractivity contribution in [1.29, 1.82) is 0 Å². The van der Waals surface area contributed by atoms with Crippen LogP contribution in [0.2, 0.25) is 0 Å². The quantitative estimate of drug-likeness (QED) is 0.351. The molecular formula is C25H32N2O7. The molecule has 7 N–H and O–H groups in total. The number of hydrogen-bond donors (Lipinski definition) is 6. The Labute approximate surface area is 197 Å². The molecule has 9 heteroatoms. The van der Waals surface area contributed by atoms with Crippen molar-refractivity contribution in [2.45, 2.75) is 58.3 Å². The van der Waals surface area contributed by atoms with Gasteiger partial charge in [0.1, 0.15) is 17.4 Å². The van der Waals surface area contributed by atoms with Crippen molar-refractivity contribution in [1.82, 2.24) is 5.32 Å². The van der Waals surface area contributed by atoms with Crippen LogP contribution in [-0.4, -0.2) is 56.1 Å². The SMILES string of the molecule is CC(C)(C)CNCc1ccc(O)c2c1C[C@H]1C[C@H]3CC(O)C(C(N)=O)C(=O)[C@@]3(O)C(O)=C1C2=O. The summed E-state index contributed by atoms with van der Waals surface area (Å²) in [4.78, 5) is 38.3. The van der Waals surface area contributed by atoms with Gasteiger partial charge in [0.2, 0.25) is 5.91 Å². The van der Waals surface area contributed by atoms with Gasteiger partial charge in [-0.15, -0.1) is 0 Å². The van der Waals surface area contributed by atoms with E-state index in [-0.39, 0.29) is 35.1 Å². The molecule has 1 aromatic rings. The Morgan fingerprint density at radius 1 is 1.21 bits per heavy atom. The Balaban J connectivity index is 1.76. The van der Waals surface area contributed by atoms with E-state index in [2.05, 4.69) is 26.1 Å². The molecule has 1 amide bonds. The molecule has 34 heavy (non-hydrogen) atoms. The first-order valence-electron chi connectivity index (χ1n) is 11.5. The second-order valence-corrected chi connectivity index (χ2v) is 11.0. The highest BCUT2D eigenvalue weighted by atomic mass is 16.3. The molecule has 0 radical (unpaired) electrons. The zero-order valence-electron chi connectivity index (χ0n) is 19.6. The van der Waals surface area contributed by atoms with E-state index < -0.39 is 52.7 Å². The van der Waals surface area contributed by atoms with Crippen molar-refractivity contribution in [3.63, 3.8) is 0 Å². The number of phenolic OH excluding ortho intramolecular Hbond substituents is 1. The molecule has 0 aliphatic heterocycles. The van der Waals surface area contributed by atoms with Gasteiger partial charge in [0.25, 0.3) is 0 Å². The molecule has 2 unspecified atom stereocenters. The number of benzene rings is 1. The van der Waals surface area contributed by atoms with Crippen LogP contribution < -0.4 is 11.1 Å². The number of aliphatic hydroxyl groups is 3. The molecule has 4 rings (SSSR count). The lowest BCUT2D eigenvalue weighted by atomic mass is 9.57. The van der Waals surface area contributed by atoms with Gasteiger partial charge in [0.05, 0.1) is 11.7 Å². The number of Topliss-reactive ketones (excluding diaryl/α,β-unsaturated/α-hetero) is 2. The van der Waals surface area contributed by atoms with E-state index in [1.165, 1.54) is 6.07 Å². The Hall–Kier alpha value is -2.75.